The van der Waals surface area contributed by atoms with Crippen molar-refractivity contribution in [3.05, 3.63) is 18.2 Å². The van der Waals surface area contributed by atoms with Gasteiger partial charge >= 0.3 is 0 Å². The summed E-state index contributed by atoms with van der Waals surface area (Å²) >= 11 is 0. The fraction of sp³-hybridized carbons (Fsp3) is 0.750. The molecule has 1 fully saturated rings. The van der Waals surface area contributed by atoms with Gasteiger partial charge in [-0.25, -0.2) is 4.98 Å². The van der Waals surface area contributed by atoms with E-state index in [1.165, 1.54) is 31.5 Å². The van der Waals surface area contributed by atoms with Crippen LogP contribution < -0.4 is 5.32 Å². The standard InChI is InChI=1S/C12H21N3/c1-3-8-15-9-7-14-12(15)11(13-2)10-5-4-6-10/h7,9-11,13H,3-6,8H2,1-2H3. The fourth-order valence-corrected chi connectivity index (χ4v) is 2.38. The molecule has 0 aliphatic heterocycles. The SMILES string of the molecule is CCCn1ccnc1C(NC)C1CCC1. The number of nitrogens with one attached hydrogen (secondary N) is 1. The van der Waals surface area contributed by atoms with Crippen LogP contribution in [0.25, 0.3) is 0 Å². The lowest BCUT2D eigenvalue weighted by atomic mass is 9.79. The molecule has 1 N–H and O–H groups in total. The molecule has 1 aromatic heterocycles. The van der Waals surface area contributed by atoms with Crippen LogP contribution >= 0.6 is 0 Å². The van der Waals surface area contributed by atoms with Crippen molar-refractivity contribution in [1.82, 2.24) is 14.9 Å². The van der Waals surface area contributed by atoms with Crippen molar-refractivity contribution < 1.29 is 0 Å². The van der Waals surface area contributed by atoms with Crippen molar-refractivity contribution in [3.8, 4) is 0 Å². The molecule has 1 aromatic rings. The van der Waals surface area contributed by atoms with Gasteiger partial charge in [0.25, 0.3) is 0 Å². The highest BCUT2D eigenvalue weighted by atomic mass is 15.1. The molecule has 1 aliphatic rings. The zero-order valence-corrected chi connectivity index (χ0v) is 9.74. The van der Waals surface area contributed by atoms with Crippen LogP contribution in [0.5, 0.6) is 0 Å². The minimum absolute atomic E-state index is 0.459. The molecule has 3 heteroatoms. The summed E-state index contributed by atoms with van der Waals surface area (Å²) in [5.41, 5.74) is 0. The highest BCUT2D eigenvalue weighted by Gasteiger charge is 2.29. The van der Waals surface area contributed by atoms with Gasteiger partial charge in [-0.15, -0.1) is 0 Å². The van der Waals surface area contributed by atoms with Crippen LogP contribution in [-0.2, 0) is 6.54 Å². The maximum atomic E-state index is 4.51. The molecule has 0 spiro atoms. The summed E-state index contributed by atoms with van der Waals surface area (Å²) in [6.07, 6.45) is 9.28. The molecule has 0 aromatic carbocycles. The zero-order chi connectivity index (χ0) is 10.7. The molecule has 1 unspecified atom stereocenters. The number of aromatic nitrogens is 2. The number of nitrogens with zero attached hydrogens (tertiary/aromatic N) is 2. The summed E-state index contributed by atoms with van der Waals surface area (Å²) in [5, 5.41) is 3.42. The second kappa shape index (κ2) is 4.79. The van der Waals surface area contributed by atoms with E-state index in [9.17, 15) is 0 Å². The lowest BCUT2D eigenvalue weighted by Crippen LogP contribution is -2.32. The molecule has 0 bridgehead atoms. The van der Waals surface area contributed by atoms with Crippen molar-refractivity contribution in [3.63, 3.8) is 0 Å². The van der Waals surface area contributed by atoms with Crippen LogP contribution in [0, 0.1) is 5.92 Å². The molecule has 2 rings (SSSR count). The van der Waals surface area contributed by atoms with Gasteiger partial charge in [0.2, 0.25) is 0 Å². The first-order chi connectivity index (χ1) is 7.36. The Labute approximate surface area is 91.9 Å². The molecule has 0 radical (unpaired) electrons. The maximum absolute atomic E-state index is 4.51. The van der Waals surface area contributed by atoms with E-state index in [2.05, 4.69) is 28.0 Å². The molecule has 1 atom stereocenters. The summed E-state index contributed by atoms with van der Waals surface area (Å²) in [5.74, 6) is 2.03. The van der Waals surface area contributed by atoms with Crippen LogP contribution in [0.2, 0.25) is 0 Å². The van der Waals surface area contributed by atoms with Gasteiger partial charge in [-0.05, 0) is 32.2 Å². The third-order valence-corrected chi connectivity index (χ3v) is 3.42. The first-order valence-electron chi connectivity index (χ1n) is 6.05. The number of rotatable bonds is 5. The quantitative estimate of drug-likeness (QED) is 0.803. The Balaban J connectivity index is 2.13. The molecule has 1 aliphatic carbocycles. The highest BCUT2D eigenvalue weighted by Crippen LogP contribution is 2.36. The Morgan fingerprint density at radius 3 is 2.93 bits per heavy atom. The minimum Gasteiger partial charge on any atom is -0.334 e. The van der Waals surface area contributed by atoms with E-state index in [4.69, 9.17) is 0 Å². The van der Waals surface area contributed by atoms with Crippen LogP contribution in [0.4, 0.5) is 0 Å². The first-order valence-corrected chi connectivity index (χ1v) is 6.05. The average molecular weight is 207 g/mol. The summed E-state index contributed by atoms with van der Waals surface area (Å²) < 4.78 is 2.29. The normalized spacial score (nSPS) is 18.8. The van der Waals surface area contributed by atoms with E-state index in [-0.39, 0.29) is 0 Å². The van der Waals surface area contributed by atoms with Gasteiger partial charge in [-0.1, -0.05) is 13.3 Å². The summed E-state index contributed by atoms with van der Waals surface area (Å²) in [7, 11) is 2.05. The second-order valence-corrected chi connectivity index (χ2v) is 4.44. The Hall–Kier alpha value is -0.830. The molecule has 15 heavy (non-hydrogen) atoms. The van der Waals surface area contributed by atoms with E-state index in [1.54, 1.807) is 0 Å². The number of aryl methyl sites for hydroxylation is 1. The Morgan fingerprint density at radius 2 is 2.40 bits per heavy atom. The van der Waals surface area contributed by atoms with Crippen LogP contribution in [0.15, 0.2) is 12.4 Å². The summed E-state index contributed by atoms with van der Waals surface area (Å²) in [6.45, 7) is 3.29. The van der Waals surface area contributed by atoms with Gasteiger partial charge in [-0.3, -0.25) is 0 Å². The second-order valence-electron chi connectivity index (χ2n) is 4.44. The third-order valence-electron chi connectivity index (χ3n) is 3.42. The zero-order valence-electron chi connectivity index (χ0n) is 9.74. The molecule has 1 heterocycles. The van der Waals surface area contributed by atoms with Gasteiger partial charge < -0.3 is 9.88 Å². The molecule has 1 saturated carbocycles. The van der Waals surface area contributed by atoms with Gasteiger partial charge in [0, 0.05) is 18.9 Å². The minimum atomic E-state index is 0.459. The number of imidazole rings is 1. The fourth-order valence-electron chi connectivity index (χ4n) is 2.38. The topological polar surface area (TPSA) is 29.9 Å². The predicted octanol–water partition coefficient (Wildman–Crippen LogP) is 2.35. The molecular formula is C12H21N3. The monoisotopic (exact) mass is 207 g/mol. The maximum Gasteiger partial charge on any atom is 0.126 e. The van der Waals surface area contributed by atoms with Gasteiger partial charge in [-0.2, -0.15) is 0 Å². The van der Waals surface area contributed by atoms with Crippen LogP contribution in [-0.4, -0.2) is 16.6 Å². The largest absolute Gasteiger partial charge is 0.334 e. The number of hydrogen-bond acceptors (Lipinski definition) is 2. The average Bonchev–Trinajstić information content (AvgIpc) is 2.60. The van der Waals surface area contributed by atoms with Gasteiger partial charge in [0.05, 0.1) is 6.04 Å². The van der Waals surface area contributed by atoms with E-state index in [0.717, 1.165) is 12.5 Å². The molecule has 84 valence electrons. The van der Waals surface area contributed by atoms with Crippen molar-refractivity contribution in [2.45, 2.75) is 45.2 Å². The lowest BCUT2D eigenvalue weighted by Gasteiger charge is -2.33. The van der Waals surface area contributed by atoms with E-state index < -0.39 is 0 Å². The smallest absolute Gasteiger partial charge is 0.126 e. The van der Waals surface area contributed by atoms with Gasteiger partial charge in [0.15, 0.2) is 0 Å². The molecular weight excluding hydrogens is 186 g/mol. The van der Waals surface area contributed by atoms with Crippen LogP contribution in [0.1, 0.15) is 44.5 Å². The summed E-state index contributed by atoms with van der Waals surface area (Å²) in [6, 6.07) is 0.459. The Kier molecular flexibility index (Phi) is 3.41. The van der Waals surface area contributed by atoms with E-state index >= 15 is 0 Å². The molecule has 0 saturated heterocycles. The van der Waals surface area contributed by atoms with Crippen molar-refractivity contribution in [1.29, 1.82) is 0 Å². The Morgan fingerprint density at radius 1 is 1.60 bits per heavy atom. The van der Waals surface area contributed by atoms with Gasteiger partial charge in [0.1, 0.15) is 5.82 Å². The van der Waals surface area contributed by atoms with Crippen LogP contribution in [0.3, 0.4) is 0 Å². The molecule has 3 nitrogen and oxygen atoms in total. The predicted molar refractivity (Wildman–Crippen MR) is 61.7 cm³/mol. The summed E-state index contributed by atoms with van der Waals surface area (Å²) in [4.78, 5) is 4.51. The van der Waals surface area contributed by atoms with E-state index in [0.29, 0.717) is 6.04 Å². The lowest BCUT2D eigenvalue weighted by molar-refractivity contribution is 0.228. The van der Waals surface area contributed by atoms with Crippen molar-refractivity contribution >= 4 is 0 Å². The third kappa shape index (κ3) is 2.07. The first kappa shape index (κ1) is 10.7. The Bertz CT molecular complexity index is 302. The highest BCUT2D eigenvalue weighted by molar-refractivity contribution is 5.03. The van der Waals surface area contributed by atoms with Crippen molar-refractivity contribution in [2.24, 2.45) is 5.92 Å². The molecule has 0 amide bonds. The number of hydrogen-bond donors (Lipinski definition) is 1. The van der Waals surface area contributed by atoms with Crippen molar-refractivity contribution in [2.75, 3.05) is 7.05 Å². The van der Waals surface area contributed by atoms with E-state index in [1.807, 2.05) is 13.2 Å².